The number of hydrogen-bond donors (Lipinski definition) is 1. The number of rotatable bonds is 7. The Labute approximate surface area is 129 Å². The minimum absolute atomic E-state index is 0.0535. The summed E-state index contributed by atoms with van der Waals surface area (Å²) in [5.74, 6) is 0.661. The van der Waals surface area contributed by atoms with Crippen LogP contribution in [-0.2, 0) is 11.2 Å². The molecule has 19 heavy (non-hydrogen) atoms. The SMILES string of the molecule is CCC(CC)C(Br)CNC(=O)Cc1ccc(Cl)cc1. The Bertz CT molecular complexity index is 390. The van der Waals surface area contributed by atoms with E-state index in [-0.39, 0.29) is 5.91 Å². The molecule has 1 unspecified atom stereocenters. The summed E-state index contributed by atoms with van der Waals surface area (Å²) in [4.78, 5) is 12.2. The van der Waals surface area contributed by atoms with Crippen molar-refractivity contribution in [1.29, 1.82) is 0 Å². The fourth-order valence-electron chi connectivity index (χ4n) is 2.03. The molecule has 0 fully saturated rings. The maximum absolute atomic E-state index is 11.8. The van der Waals surface area contributed by atoms with Crippen LogP contribution < -0.4 is 5.32 Å². The Hall–Kier alpha value is -0.540. The minimum atomic E-state index is 0.0535. The first-order valence-corrected chi connectivity index (χ1v) is 8.01. The van der Waals surface area contributed by atoms with Crippen LogP contribution in [0.3, 0.4) is 0 Å². The van der Waals surface area contributed by atoms with Crippen molar-refractivity contribution in [1.82, 2.24) is 5.32 Å². The normalized spacial score (nSPS) is 12.5. The summed E-state index contributed by atoms with van der Waals surface area (Å²) in [6, 6.07) is 7.38. The number of benzene rings is 1. The van der Waals surface area contributed by atoms with E-state index in [4.69, 9.17) is 11.6 Å². The first-order valence-electron chi connectivity index (χ1n) is 6.72. The highest BCUT2D eigenvalue weighted by Crippen LogP contribution is 2.19. The van der Waals surface area contributed by atoms with Gasteiger partial charge in [0.25, 0.3) is 0 Å². The summed E-state index contributed by atoms with van der Waals surface area (Å²) >= 11 is 9.47. The van der Waals surface area contributed by atoms with E-state index >= 15 is 0 Å². The molecule has 0 aliphatic rings. The van der Waals surface area contributed by atoms with Gasteiger partial charge in [-0.25, -0.2) is 0 Å². The fourth-order valence-corrected chi connectivity index (χ4v) is 3.06. The van der Waals surface area contributed by atoms with Crippen LogP contribution in [0.1, 0.15) is 32.3 Å². The zero-order valence-corrected chi connectivity index (χ0v) is 13.8. The summed E-state index contributed by atoms with van der Waals surface area (Å²) in [5.41, 5.74) is 0.982. The number of amides is 1. The quantitative estimate of drug-likeness (QED) is 0.737. The van der Waals surface area contributed by atoms with Gasteiger partial charge in [0.05, 0.1) is 6.42 Å². The highest BCUT2D eigenvalue weighted by molar-refractivity contribution is 9.09. The zero-order chi connectivity index (χ0) is 14.3. The van der Waals surface area contributed by atoms with E-state index in [1.165, 1.54) is 0 Å². The molecule has 1 N–H and O–H groups in total. The lowest BCUT2D eigenvalue weighted by atomic mass is 9.99. The molecule has 0 bridgehead atoms. The van der Waals surface area contributed by atoms with Crippen molar-refractivity contribution in [3.8, 4) is 0 Å². The summed E-state index contributed by atoms with van der Waals surface area (Å²) in [6.45, 7) is 5.04. The minimum Gasteiger partial charge on any atom is -0.355 e. The first-order chi connectivity index (χ1) is 9.06. The Morgan fingerprint density at radius 3 is 2.37 bits per heavy atom. The fraction of sp³-hybridized carbons (Fsp3) is 0.533. The highest BCUT2D eigenvalue weighted by Gasteiger charge is 2.15. The molecule has 1 aromatic carbocycles. The average Bonchev–Trinajstić information content (AvgIpc) is 2.40. The molecule has 0 radical (unpaired) electrons. The number of halogens is 2. The number of hydrogen-bond acceptors (Lipinski definition) is 1. The molecular weight excluding hydrogens is 326 g/mol. The summed E-state index contributed by atoms with van der Waals surface area (Å²) < 4.78 is 0. The van der Waals surface area contributed by atoms with Crippen molar-refractivity contribution in [3.63, 3.8) is 0 Å². The second-order valence-electron chi connectivity index (χ2n) is 4.70. The third-order valence-corrected chi connectivity index (χ3v) is 4.66. The molecule has 1 atom stereocenters. The molecule has 1 amide bonds. The van der Waals surface area contributed by atoms with Crippen molar-refractivity contribution in [2.24, 2.45) is 5.92 Å². The molecule has 0 aromatic heterocycles. The number of carbonyl (C=O) groups is 1. The third kappa shape index (κ3) is 5.96. The van der Waals surface area contributed by atoms with Crippen LogP contribution in [-0.4, -0.2) is 17.3 Å². The van der Waals surface area contributed by atoms with Crippen LogP contribution in [0.25, 0.3) is 0 Å². The van der Waals surface area contributed by atoms with E-state index in [2.05, 4.69) is 35.1 Å². The van der Waals surface area contributed by atoms with Crippen LogP contribution >= 0.6 is 27.5 Å². The maximum Gasteiger partial charge on any atom is 0.224 e. The van der Waals surface area contributed by atoms with E-state index in [1.807, 2.05) is 24.3 Å². The molecular formula is C15H21BrClNO. The second-order valence-corrected chi connectivity index (χ2v) is 6.31. The Kier molecular flexibility index (Phi) is 7.47. The topological polar surface area (TPSA) is 29.1 Å². The summed E-state index contributed by atoms with van der Waals surface area (Å²) in [7, 11) is 0. The van der Waals surface area contributed by atoms with E-state index in [9.17, 15) is 4.79 Å². The van der Waals surface area contributed by atoms with Gasteiger partial charge in [-0.05, 0) is 23.6 Å². The third-order valence-electron chi connectivity index (χ3n) is 3.33. The molecule has 0 aliphatic heterocycles. The number of carbonyl (C=O) groups excluding carboxylic acids is 1. The average molecular weight is 347 g/mol. The first kappa shape index (κ1) is 16.5. The molecule has 1 aromatic rings. The Morgan fingerprint density at radius 1 is 1.26 bits per heavy atom. The van der Waals surface area contributed by atoms with Crippen LogP contribution in [0.2, 0.25) is 5.02 Å². The van der Waals surface area contributed by atoms with Crippen molar-refractivity contribution in [3.05, 3.63) is 34.9 Å². The lowest BCUT2D eigenvalue weighted by Crippen LogP contribution is -2.33. The molecule has 0 saturated heterocycles. The molecule has 4 heteroatoms. The maximum atomic E-state index is 11.8. The highest BCUT2D eigenvalue weighted by atomic mass is 79.9. The van der Waals surface area contributed by atoms with Crippen LogP contribution in [0.15, 0.2) is 24.3 Å². The lowest BCUT2D eigenvalue weighted by Gasteiger charge is -2.19. The second kappa shape index (κ2) is 8.60. The van der Waals surface area contributed by atoms with E-state index in [0.717, 1.165) is 18.4 Å². The molecule has 0 aliphatic carbocycles. The van der Waals surface area contributed by atoms with Gasteiger partial charge in [-0.1, -0.05) is 66.4 Å². The van der Waals surface area contributed by atoms with Crippen molar-refractivity contribution >= 4 is 33.4 Å². The van der Waals surface area contributed by atoms with Crippen LogP contribution in [0.5, 0.6) is 0 Å². The van der Waals surface area contributed by atoms with Gasteiger partial charge in [0.1, 0.15) is 0 Å². The molecule has 106 valence electrons. The number of nitrogens with one attached hydrogen (secondary N) is 1. The predicted octanol–water partition coefficient (Wildman–Crippen LogP) is 4.20. The Morgan fingerprint density at radius 2 is 1.84 bits per heavy atom. The number of alkyl halides is 1. The van der Waals surface area contributed by atoms with Gasteiger partial charge in [-0.2, -0.15) is 0 Å². The standard InChI is InChI=1S/C15H21BrClNO/c1-3-12(4-2)14(16)10-18-15(19)9-11-5-7-13(17)8-6-11/h5-8,12,14H,3-4,9-10H2,1-2H3,(H,18,19). The van der Waals surface area contributed by atoms with Gasteiger partial charge < -0.3 is 5.32 Å². The van der Waals surface area contributed by atoms with Gasteiger partial charge in [0.15, 0.2) is 0 Å². The van der Waals surface area contributed by atoms with Crippen molar-refractivity contribution < 1.29 is 4.79 Å². The van der Waals surface area contributed by atoms with Crippen molar-refractivity contribution in [2.45, 2.75) is 37.9 Å². The molecule has 0 spiro atoms. The predicted molar refractivity (Wildman–Crippen MR) is 85.0 cm³/mol. The molecule has 0 heterocycles. The van der Waals surface area contributed by atoms with E-state index in [1.54, 1.807) is 0 Å². The van der Waals surface area contributed by atoms with Gasteiger partial charge >= 0.3 is 0 Å². The van der Waals surface area contributed by atoms with Crippen LogP contribution in [0.4, 0.5) is 0 Å². The largest absolute Gasteiger partial charge is 0.355 e. The molecule has 1 rings (SSSR count). The molecule has 0 saturated carbocycles. The Balaban J connectivity index is 2.37. The van der Waals surface area contributed by atoms with Gasteiger partial charge in [-0.3, -0.25) is 4.79 Å². The smallest absolute Gasteiger partial charge is 0.224 e. The van der Waals surface area contributed by atoms with Gasteiger partial charge in [0.2, 0.25) is 5.91 Å². The summed E-state index contributed by atoms with van der Waals surface area (Å²) in [6.07, 6.45) is 2.65. The van der Waals surface area contributed by atoms with Crippen molar-refractivity contribution in [2.75, 3.05) is 6.54 Å². The molecule has 2 nitrogen and oxygen atoms in total. The van der Waals surface area contributed by atoms with E-state index in [0.29, 0.717) is 28.7 Å². The monoisotopic (exact) mass is 345 g/mol. The lowest BCUT2D eigenvalue weighted by molar-refractivity contribution is -0.120. The van der Waals surface area contributed by atoms with Gasteiger partial charge in [0, 0.05) is 16.4 Å². The summed E-state index contributed by atoms with van der Waals surface area (Å²) in [5, 5.41) is 3.67. The van der Waals surface area contributed by atoms with Gasteiger partial charge in [-0.15, -0.1) is 0 Å². The van der Waals surface area contributed by atoms with Crippen LogP contribution in [0, 0.1) is 5.92 Å². The zero-order valence-electron chi connectivity index (χ0n) is 11.5. The van der Waals surface area contributed by atoms with E-state index < -0.39 is 0 Å².